The Morgan fingerprint density at radius 2 is 1.92 bits per heavy atom. The van der Waals surface area contributed by atoms with E-state index in [9.17, 15) is 5.11 Å². The van der Waals surface area contributed by atoms with Gasteiger partial charge in [-0.25, -0.2) is 4.84 Å². The van der Waals surface area contributed by atoms with E-state index in [1.807, 2.05) is 37.3 Å². The first-order valence-corrected chi connectivity index (χ1v) is 4.22. The van der Waals surface area contributed by atoms with E-state index < -0.39 is 6.10 Å². The molecule has 2 nitrogen and oxygen atoms in total. The molecule has 0 heterocycles. The molecule has 0 amide bonds. The maximum Gasteiger partial charge on any atom is 0.0952 e. The molecule has 0 aromatic heterocycles. The molecule has 66 valence electrons. The van der Waals surface area contributed by atoms with Gasteiger partial charge in [-0.05, 0) is 24.3 Å². The van der Waals surface area contributed by atoms with Crippen LogP contribution in [-0.2, 0) is 0 Å². The van der Waals surface area contributed by atoms with Crippen LogP contribution in [0.25, 0.3) is 0 Å². The molecule has 1 aromatic rings. The molecule has 0 saturated carbocycles. The minimum Gasteiger partial charge on any atom is -0.387 e. The minimum absolute atomic E-state index is 0.144. The van der Waals surface area contributed by atoms with Crippen LogP contribution < -0.4 is 4.84 Å². The Hall–Kier alpha value is -0.570. The molecular weight excluding hydrogens is 174 g/mol. The van der Waals surface area contributed by atoms with Crippen LogP contribution in [0.3, 0.4) is 0 Å². The van der Waals surface area contributed by atoms with Gasteiger partial charge in [0, 0.05) is 6.04 Å². The van der Waals surface area contributed by atoms with Crippen LogP contribution in [0.4, 0.5) is 0 Å². The second-order valence-corrected chi connectivity index (χ2v) is 2.97. The van der Waals surface area contributed by atoms with Gasteiger partial charge in [0.1, 0.15) is 0 Å². The normalized spacial score (nSPS) is 15.6. The van der Waals surface area contributed by atoms with E-state index in [4.69, 9.17) is 11.8 Å². The third-order valence-electron chi connectivity index (χ3n) is 1.79. The third-order valence-corrected chi connectivity index (χ3v) is 2.13. The van der Waals surface area contributed by atoms with Gasteiger partial charge in [0.15, 0.2) is 0 Å². The highest BCUT2D eigenvalue weighted by Crippen LogP contribution is 2.15. The lowest BCUT2D eigenvalue weighted by Crippen LogP contribution is -2.24. The van der Waals surface area contributed by atoms with Gasteiger partial charge in [-0.1, -0.05) is 30.3 Å². The standard InChI is InChI=1S/C9H12ClNO/c1-7(11-10)9(12)8-5-3-2-4-6-8/h2-7,9,11-12H,1H3. The SMILES string of the molecule is CC(NCl)C(O)c1ccccc1. The summed E-state index contributed by atoms with van der Waals surface area (Å²) in [5.74, 6) is 0. The van der Waals surface area contributed by atoms with Gasteiger partial charge in [-0.3, -0.25) is 0 Å². The summed E-state index contributed by atoms with van der Waals surface area (Å²) in [6.45, 7) is 1.82. The summed E-state index contributed by atoms with van der Waals surface area (Å²) in [6, 6.07) is 9.28. The highest BCUT2D eigenvalue weighted by molar-refractivity contribution is 6.13. The molecule has 0 fully saturated rings. The average molecular weight is 186 g/mol. The molecule has 2 unspecified atom stereocenters. The number of nitrogens with one attached hydrogen (secondary N) is 1. The summed E-state index contributed by atoms with van der Waals surface area (Å²) < 4.78 is 0. The summed E-state index contributed by atoms with van der Waals surface area (Å²) in [5.41, 5.74) is 0.873. The smallest absolute Gasteiger partial charge is 0.0952 e. The van der Waals surface area contributed by atoms with Crippen molar-refractivity contribution in [3.63, 3.8) is 0 Å². The quantitative estimate of drug-likeness (QED) is 0.705. The molecule has 0 saturated heterocycles. The van der Waals surface area contributed by atoms with Crippen LogP contribution in [0, 0.1) is 0 Å². The van der Waals surface area contributed by atoms with Gasteiger partial charge < -0.3 is 5.11 Å². The molecule has 12 heavy (non-hydrogen) atoms. The summed E-state index contributed by atoms with van der Waals surface area (Å²) >= 11 is 5.39. The van der Waals surface area contributed by atoms with Crippen molar-refractivity contribution in [2.75, 3.05) is 0 Å². The fourth-order valence-electron chi connectivity index (χ4n) is 0.999. The van der Waals surface area contributed by atoms with Crippen molar-refractivity contribution in [2.45, 2.75) is 19.1 Å². The summed E-state index contributed by atoms with van der Waals surface area (Å²) in [7, 11) is 0. The summed E-state index contributed by atoms with van der Waals surface area (Å²) in [6.07, 6.45) is -0.552. The lowest BCUT2D eigenvalue weighted by Gasteiger charge is -2.16. The average Bonchev–Trinajstić information content (AvgIpc) is 2.17. The Bertz CT molecular complexity index is 227. The Labute approximate surface area is 77.3 Å². The third kappa shape index (κ3) is 2.21. The first kappa shape index (κ1) is 9.52. The van der Waals surface area contributed by atoms with E-state index in [2.05, 4.69) is 4.84 Å². The monoisotopic (exact) mass is 185 g/mol. The van der Waals surface area contributed by atoms with Crippen LogP contribution in [0.2, 0.25) is 0 Å². The molecule has 0 aliphatic rings. The van der Waals surface area contributed by atoms with Crippen LogP contribution >= 0.6 is 11.8 Å². The van der Waals surface area contributed by atoms with E-state index in [1.165, 1.54) is 0 Å². The fourth-order valence-corrected chi connectivity index (χ4v) is 1.12. The number of rotatable bonds is 3. The second-order valence-electron chi connectivity index (χ2n) is 2.75. The van der Waals surface area contributed by atoms with Crippen LogP contribution in [0.5, 0.6) is 0 Å². The molecule has 0 aliphatic heterocycles. The predicted molar refractivity (Wildman–Crippen MR) is 49.9 cm³/mol. The van der Waals surface area contributed by atoms with Crippen molar-refractivity contribution in [3.8, 4) is 0 Å². The fraction of sp³-hybridized carbons (Fsp3) is 0.333. The Kier molecular flexibility index (Phi) is 3.53. The number of aliphatic hydroxyl groups is 1. The Morgan fingerprint density at radius 1 is 1.33 bits per heavy atom. The van der Waals surface area contributed by atoms with Gasteiger partial charge >= 0.3 is 0 Å². The molecule has 3 heteroatoms. The molecule has 1 rings (SSSR count). The van der Waals surface area contributed by atoms with Crippen molar-refractivity contribution in [1.29, 1.82) is 0 Å². The molecule has 0 radical (unpaired) electrons. The van der Waals surface area contributed by atoms with Gasteiger partial charge in [0.2, 0.25) is 0 Å². The highest BCUT2D eigenvalue weighted by atomic mass is 35.5. The molecule has 1 aromatic carbocycles. The molecule has 0 aliphatic carbocycles. The maximum absolute atomic E-state index is 9.64. The number of hydrogen-bond acceptors (Lipinski definition) is 2. The van der Waals surface area contributed by atoms with E-state index in [-0.39, 0.29) is 6.04 Å². The lowest BCUT2D eigenvalue weighted by molar-refractivity contribution is 0.147. The molecular formula is C9H12ClNO. The first-order valence-electron chi connectivity index (χ1n) is 3.85. The maximum atomic E-state index is 9.64. The largest absolute Gasteiger partial charge is 0.387 e. The number of halogens is 1. The summed E-state index contributed by atoms with van der Waals surface area (Å²) in [5, 5.41) is 9.64. The topological polar surface area (TPSA) is 32.3 Å². The van der Waals surface area contributed by atoms with Crippen molar-refractivity contribution in [1.82, 2.24) is 4.84 Å². The van der Waals surface area contributed by atoms with Crippen LogP contribution in [0.1, 0.15) is 18.6 Å². The lowest BCUT2D eigenvalue weighted by atomic mass is 10.0. The number of aliphatic hydroxyl groups excluding tert-OH is 1. The zero-order chi connectivity index (χ0) is 8.97. The summed E-state index contributed by atoms with van der Waals surface area (Å²) in [4.78, 5) is 2.49. The molecule has 2 N–H and O–H groups in total. The molecule has 0 spiro atoms. The van der Waals surface area contributed by atoms with E-state index in [1.54, 1.807) is 0 Å². The van der Waals surface area contributed by atoms with Gasteiger partial charge in [0.05, 0.1) is 6.10 Å². The van der Waals surface area contributed by atoms with Crippen LogP contribution in [0.15, 0.2) is 30.3 Å². The van der Waals surface area contributed by atoms with Crippen molar-refractivity contribution < 1.29 is 5.11 Å². The van der Waals surface area contributed by atoms with E-state index >= 15 is 0 Å². The van der Waals surface area contributed by atoms with E-state index in [0.717, 1.165) is 5.56 Å². The van der Waals surface area contributed by atoms with Gasteiger partial charge in [-0.15, -0.1) is 0 Å². The minimum atomic E-state index is -0.552. The van der Waals surface area contributed by atoms with Crippen molar-refractivity contribution in [2.24, 2.45) is 0 Å². The van der Waals surface area contributed by atoms with Crippen LogP contribution in [-0.4, -0.2) is 11.1 Å². The Morgan fingerprint density at radius 3 is 2.42 bits per heavy atom. The Balaban J connectivity index is 2.71. The first-order chi connectivity index (χ1) is 5.75. The zero-order valence-corrected chi connectivity index (χ0v) is 7.62. The van der Waals surface area contributed by atoms with E-state index in [0.29, 0.717) is 0 Å². The van der Waals surface area contributed by atoms with Crippen molar-refractivity contribution in [3.05, 3.63) is 35.9 Å². The molecule has 0 bridgehead atoms. The molecule has 2 atom stereocenters. The van der Waals surface area contributed by atoms with Gasteiger partial charge in [0.25, 0.3) is 0 Å². The van der Waals surface area contributed by atoms with Crippen molar-refractivity contribution >= 4 is 11.8 Å². The zero-order valence-electron chi connectivity index (χ0n) is 6.87. The highest BCUT2D eigenvalue weighted by Gasteiger charge is 2.13. The number of hydrogen-bond donors (Lipinski definition) is 2. The second kappa shape index (κ2) is 4.45. The number of benzene rings is 1. The van der Waals surface area contributed by atoms with Gasteiger partial charge in [-0.2, -0.15) is 0 Å². The predicted octanol–water partition coefficient (Wildman–Crippen LogP) is 1.85.